The second kappa shape index (κ2) is 4.62. The van der Waals surface area contributed by atoms with Crippen molar-refractivity contribution in [3.63, 3.8) is 0 Å². The number of rotatable bonds is 3. The molecule has 3 nitrogen and oxygen atoms in total. The highest BCUT2D eigenvalue weighted by Crippen LogP contribution is 2.04. The predicted molar refractivity (Wildman–Crippen MR) is 53.0 cm³/mol. The van der Waals surface area contributed by atoms with Crippen LogP contribution in [0.2, 0.25) is 0 Å². The lowest BCUT2D eigenvalue weighted by Crippen LogP contribution is -2.16. The summed E-state index contributed by atoms with van der Waals surface area (Å²) in [5.74, 6) is 0.203. The minimum Gasteiger partial charge on any atom is -0.462 e. The molecule has 0 amide bonds. The van der Waals surface area contributed by atoms with Gasteiger partial charge in [-0.05, 0) is 26.1 Å². The highest BCUT2D eigenvalue weighted by atomic mass is 16.5. The van der Waals surface area contributed by atoms with Gasteiger partial charge in [-0.25, -0.2) is 0 Å². The van der Waals surface area contributed by atoms with Crippen molar-refractivity contribution in [1.82, 2.24) is 5.32 Å². The van der Waals surface area contributed by atoms with Gasteiger partial charge in [0, 0.05) is 5.56 Å². The number of hydrogen-bond acceptors (Lipinski definition) is 3. The Bertz CT molecular complexity index is 279. The standard InChI is InChI=1S/C10H14N2O/c1-8-3-5-9(6-4-8)10(11)13-7-12-2/h3-6,11-12H,7H2,1-2H3. The number of nitrogens with one attached hydrogen (secondary N) is 2. The predicted octanol–water partition coefficient (Wildman–Crippen LogP) is 1.51. The van der Waals surface area contributed by atoms with E-state index in [4.69, 9.17) is 10.1 Å². The summed E-state index contributed by atoms with van der Waals surface area (Å²) >= 11 is 0. The summed E-state index contributed by atoms with van der Waals surface area (Å²) < 4.78 is 5.09. The molecule has 0 spiro atoms. The van der Waals surface area contributed by atoms with E-state index in [-0.39, 0.29) is 5.90 Å². The zero-order valence-electron chi connectivity index (χ0n) is 7.92. The number of ether oxygens (including phenoxy) is 1. The van der Waals surface area contributed by atoms with Gasteiger partial charge in [-0.2, -0.15) is 0 Å². The molecule has 0 saturated heterocycles. The van der Waals surface area contributed by atoms with E-state index in [0.717, 1.165) is 5.56 Å². The van der Waals surface area contributed by atoms with Gasteiger partial charge in [0.1, 0.15) is 6.73 Å². The lowest BCUT2D eigenvalue weighted by Gasteiger charge is -2.06. The van der Waals surface area contributed by atoms with Crippen molar-refractivity contribution < 1.29 is 4.74 Å². The first-order chi connectivity index (χ1) is 6.24. The Morgan fingerprint density at radius 3 is 2.54 bits per heavy atom. The van der Waals surface area contributed by atoms with Crippen molar-refractivity contribution >= 4 is 5.90 Å². The molecule has 70 valence electrons. The van der Waals surface area contributed by atoms with Crippen LogP contribution in [0.1, 0.15) is 11.1 Å². The molecule has 2 N–H and O–H groups in total. The van der Waals surface area contributed by atoms with Gasteiger partial charge in [0.25, 0.3) is 0 Å². The summed E-state index contributed by atoms with van der Waals surface area (Å²) in [6, 6.07) is 7.69. The Hall–Kier alpha value is -1.35. The highest BCUT2D eigenvalue weighted by Gasteiger charge is 2.00. The molecular weight excluding hydrogens is 164 g/mol. The average molecular weight is 178 g/mol. The van der Waals surface area contributed by atoms with Gasteiger partial charge in [-0.1, -0.05) is 17.7 Å². The van der Waals surface area contributed by atoms with Gasteiger partial charge >= 0.3 is 0 Å². The maximum absolute atomic E-state index is 7.54. The van der Waals surface area contributed by atoms with Gasteiger partial charge in [0.2, 0.25) is 5.90 Å². The van der Waals surface area contributed by atoms with E-state index in [1.807, 2.05) is 31.2 Å². The Morgan fingerprint density at radius 2 is 2.00 bits per heavy atom. The average Bonchev–Trinajstić information content (AvgIpc) is 2.15. The van der Waals surface area contributed by atoms with Crippen LogP contribution in [0.3, 0.4) is 0 Å². The summed E-state index contributed by atoms with van der Waals surface area (Å²) in [4.78, 5) is 0. The molecule has 0 heterocycles. The molecule has 0 aliphatic heterocycles. The Kier molecular flexibility index (Phi) is 3.46. The van der Waals surface area contributed by atoms with E-state index in [9.17, 15) is 0 Å². The van der Waals surface area contributed by atoms with Crippen molar-refractivity contribution in [3.05, 3.63) is 35.4 Å². The molecule has 0 saturated carbocycles. The van der Waals surface area contributed by atoms with Crippen LogP contribution < -0.4 is 5.32 Å². The van der Waals surface area contributed by atoms with Gasteiger partial charge in [-0.15, -0.1) is 0 Å². The summed E-state index contributed by atoms with van der Waals surface area (Å²) in [5.41, 5.74) is 1.99. The quantitative estimate of drug-likeness (QED) is 0.418. The van der Waals surface area contributed by atoms with Crippen LogP contribution >= 0.6 is 0 Å². The fourth-order valence-corrected chi connectivity index (χ4v) is 0.933. The summed E-state index contributed by atoms with van der Waals surface area (Å²) in [6.45, 7) is 2.38. The first-order valence-electron chi connectivity index (χ1n) is 4.17. The normalized spacial score (nSPS) is 9.69. The maximum atomic E-state index is 7.54. The van der Waals surface area contributed by atoms with Crippen LogP contribution in [0.5, 0.6) is 0 Å². The highest BCUT2D eigenvalue weighted by molar-refractivity contribution is 5.91. The van der Waals surface area contributed by atoms with E-state index in [1.54, 1.807) is 7.05 Å². The third kappa shape index (κ3) is 2.87. The molecule has 0 unspecified atom stereocenters. The first-order valence-corrected chi connectivity index (χ1v) is 4.17. The van der Waals surface area contributed by atoms with Crippen LogP contribution in [-0.2, 0) is 4.74 Å². The van der Waals surface area contributed by atoms with Gasteiger partial charge < -0.3 is 4.74 Å². The lowest BCUT2D eigenvalue weighted by molar-refractivity contribution is 0.282. The zero-order valence-corrected chi connectivity index (χ0v) is 7.92. The molecule has 3 heteroatoms. The summed E-state index contributed by atoms with van der Waals surface area (Å²) in [6.07, 6.45) is 0. The van der Waals surface area contributed by atoms with Crippen molar-refractivity contribution in [2.45, 2.75) is 6.92 Å². The number of aryl methyl sites for hydroxylation is 1. The van der Waals surface area contributed by atoms with E-state index in [2.05, 4.69) is 5.32 Å². The summed E-state index contributed by atoms with van der Waals surface area (Å²) in [7, 11) is 1.78. The molecule has 13 heavy (non-hydrogen) atoms. The smallest absolute Gasteiger partial charge is 0.214 e. The largest absolute Gasteiger partial charge is 0.462 e. The topological polar surface area (TPSA) is 45.1 Å². The van der Waals surface area contributed by atoms with Crippen LogP contribution in [0.15, 0.2) is 24.3 Å². The van der Waals surface area contributed by atoms with E-state index in [0.29, 0.717) is 6.73 Å². The van der Waals surface area contributed by atoms with Gasteiger partial charge in [-0.3, -0.25) is 10.7 Å². The Morgan fingerprint density at radius 1 is 1.38 bits per heavy atom. The fraction of sp³-hybridized carbons (Fsp3) is 0.300. The third-order valence-electron chi connectivity index (χ3n) is 1.67. The molecular formula is C10H14N2O. The number of benzene rings is 1. The molecule has 0 radical (unpaired) electrons. The molecule has 0 bridgehead atoms. The maximum Gasteiger partial charge on any atom is 0.214 e. The molecule has 0 aliphatic carbocycles. The lowest BCUT2D eigenvalue weighted by atomic mass is 10.1. The van der Waals surface area contributed by atoms with Crippen molar-refractivity contribution in [3.8, 4) is 0 Å². The second-order valence-corrected chi connectivity index (χ2v) is 2.84. The molecule has 1 aromatic rings. The minimum atomic E-state index is 0.203. The van der Waals surface area contributed by atoms with Crippen molar-refractivity contribution in [2.24, 2.45) is 0 Å². The molecule has 1 aromatic carbocycles. The molecule has 1 rings (SSSR count). The molecule has 0 aliphatic rings. The van der Waals surface area contributed by atoms with E-state index >= 15 is 0 Å². The van der Waals surface area contributed by atoms with Gasteiger partial charge in [0.15, 0.2) is 0 Å². The molecule has 0 atom stereocenters. The van der Waals surface area contributed by atoms with E-state index in [1.165, 1.54) is 5.56 Å². The third-order valence-corrected chi connectivity index (χ3v) is 1.67. The monoisotopic (exact) mass is 178 g/mol. The SMILES string of the molecule is CNCOC(=N)c1ccc(C)cc1. The zero-order chi connectivity index (χ0) is 9.68. The summed E-state index contributed by atoms with van der Waals surface area (Å²) in [5, 5.41) is 10.4. The first kappa shape index (κ1) is 9.74. The van der Waals surface area contributed by atoms with Crippen LogP contribution in [0, 0.1) is 12.3 Å². The minimum absolute atomic E-state index is 0.203. The molecule has 0 aromatic heterocycles. The Balaban J connectivity index is 2.61. The molecule has 0 fully saturated rings. The van der Waals surface area contributed by atoms with Crippen molar-refractivity contribution in [1.29, 1.82) is 5.41 Å². The van der Waals surface area contributed by atoms with Gasteiger partial charge in [0.05, 0.1) is 0 Å². The Labute approximate surface area is 78.2 Å². The van der Waals surface area contributed by atoms with Crippen LogP contribution in [0.4, 0.5) is 0 Å². The fourth-order valence-electron chi connectivity index (χ4n) is 0.933. The van der Waals surface area contributed by atoms with Crippen molar-refractivity contribution in [2.75, 3.05) is 13.8 Å². The number of hydrogen-bond donors (Lipinski definition) is 2. The van der Waals surface area contributed by atoms with E-state index < -0.39 is 0 Å². The van der Waals surface area contributed by atoms with Crippen LogP contribution in [-0.4, -0.2) is 19.7 Å². The second-order valence-electron chi connectivity index (χ2n) is 2.84. The van der Waals surface area contributed by atoms with Crippen LogP contribution in [0.25, 0.3) is 0 Å².